The standard InChI is InChI=1S/C27H33N3O3/c1-33-25-10-9-21(17-29-11-5-8-26(29)31)13-24(25)27(32)30-18-22-12-23(19-30)16-28(15-22)14-20-6-3-2-4-7-20/h2-4,6-7,9-10,13,22-23H,5,8,11-12,14-19H2,1H3. The molecule has 0 aromatic heterocycles. The maximum Gasteiger partial charge on any atom is 0.257 e. The van der Waals surface area contributed by atoms with E-state index in [1.165, 1.54) is 12.0 Å². The number of fused-ring (bicyclic) bond motifs is 2. The SMILES string of the molecule is COc1ccc(CN2CCCC2=O)cc1C(=O)N1CC2CC(CN(Cc3ccccc3)C2)C1. The molecular formula is C27H33N3O3. The molecule has 0 spiro atoms. The summed E-state index contributed by atoms with van der Waals surface area (Å²) in [5, 5.41) is 0. The van der Waals surface area contributed by atoms with Crippen LogP contribution in [0.5, 0.6) is 5.75 Å². The zero-order chi connectivity index (χ0) is 22.8. The molecule has 2 atom stereocenters. The maximum absolute atomic E-state index is 13.6. The summed E-state index contributed by atoms with van der Waals surface area (Å²) in [4.78, 5) is 32.1. The van der Waals surface area contributed by atoms with Crippen LogP contribution in [0.1, 0.15) is 40.7 Å². The number of hydrogen-bond acceptors (Lipinski definition) is 4. The van der Waals surface area contributed by atoms with E-state index in [-0.39, 0.29) is 11.8 Å². The smallest absolute Gasteiger partial charge is 0.257 e. The molecule has 33 heavy (non-hydrogen) atoms. The Balaban J connectivity index is 1.27. The van der Waals surface area contributed by atoms with Crippen LogP contribution in [-0.2, 0) is 17.9 Å². The van der Waals surface area contributed by atoms with Crippen molar-refractivity contribution in [1.82, 2.24) is 14.7 Å². The summed E-state index contributed by atoms with van der Waals surface area (Å²) in [6, 6.07) is 16.4. The van der Waals surface area contributed by atoms with Gasteiger partial charge in [-0.15, -0.1) is 0 Å². The van der Waals surface area contributed by atoms with Gasteiger partial charge in [-0.1, -0.05) is 36.4 Å². The molecule has 0 saturated carbocycles. The molecule has 174 valence electrons. The van der Waals surface area contributed by atoms with Crippen molar-refractivity contribution in [2.24, 2.45) is 11.8 Å². The summed E-state index contributed by atoms with van der Waals surface area (Å²) in [5.74, 6) is 1.86. The second-order valence-corrected chi connectivity index (χ2v) is 9.81. The normalized spacial score (nSPS) is 23.1. The van der Waals surface area contributed by atoms with Gasteiger partial charge in [-0.3, -0.25) is 14.5 Å². The first-order chi connectivity index (χ1) is 16.1. The highest BCUT2D eigenvalue weighted by Gasteiger charge is 2.36. The molecule has 3 heterocycles. The lowest BCUT2D eigenvalue weighted by Crippen LogP contribution is -2.53. The molecule has 0 N–H and O–H groups in total. The lowest BCUT2D eigenvalue weighted by molar-refractivity contribution is -0.128. The molecule has 0 aliphatic carbocycles. The zero-order valence-corrected chi connectivity index (χ0v) is 19.4. The van der Waals surface area contributed by atoms with E-state index >= 15 is 0 Å². The molecule has 2 aromatic carbocycles. The first-order valence-electron chi connectivity index (χ1n) is 12.1. The Morgan fingerprint density at radius 2 is 1.73 bits per heavy atom. The monoisotopic (exact) mass is 447 g/mol. The number of carbonyl (C=O) groups excluding carboxylic acids is 2. The molecule has 2 amide bonds. The number of carbonyl (C=O) groups is 2. The predicted molar refractivity (Wildman–Crippen MR) is 127 cm³/mol. The average molecular weight is 448 g/mol. The van der Waals surface area contributed by atoms with Crippen molar-refractivity contribution in [1.29, 1.82) is 0 Å². The van der Waals surface area contributed by atoms with Crippen molar-refractivity contribution in [3.05, 3.63) is 65.2 Å². The van der Waals surface area contributed by atoms with Gasteiger partial charge in [0.15, 0.2) is 0 Å². The van der Waals surface area contributed by atoms with E-state index in [4.69, 9.17) is 4.74 Å². The Morgan fingerprint density at radius 3 is 2.39 bits per heavy atom. The highest BCUT2D eigenvalue weighted by molar-refractivity contribution is 5.97. The largest absolute Gasteiger partial charge is 0.496 e. The summed E-state index contributed by atoms with van der Waals surface area (Å²) in [6.07, 6.45) is 2.74. The van der Waals surface area contributed by atoms with E-state index in [1.807, 2.05) is 28.0 Å². The number of likely N-dealkylation sites (tertiary alicyclic amines) is 3. The van der Waals surface area contributed by atoms with Crippen LogP contribution < -0.4 is 4.74 Å². The van der Waals surface area contributed by atoms with Crippen LogP contribution >= 0.6 is 0 Å². The van der Waals surface area contributed by atoms with Gasteiger partial charge in [-0.25, -0.2) is 0 Å². The fourth-order valence-corrected chi connectivity index (χ4v) is 5.81. The van der Waals surface area contributed by atoms with Crippen molar-refractivity contribution in [2.75, 3.05) is 39.8 Å². The molecule has 3 aliphatic heterocycles. The Hall–Kier alpha value is -2.86. The number of rotatable bonds is 6. The van der Waals surface area contributed by atoms with Crippen molar-refractivity contribution in [2.45, 2.75) is 32.4 Å². The summed E-state index contributed by atoms with van der Waals surface area (Å²) in [6.45, 7) is 5.98. The van der Waals surface area contributed by atoms with E-state index < -0.39 is 0 Å². The second-order valence-electron chi connectivity index (χ2n) is 9.81. The zero-order valence-electron chi connectivity index (χ0n) is 19.4. The van der Waals surface area contributed by atoms with E-state index in [1.54, 1.807) is 7.11 Å². The Labute approximate surface area is 196 Å². The van der Waals surface area contributed by atoms with Gasteiger partial charge in [-0.2, -0.15) is 0 Å². The van der Waals surface area contributed by atoms with Crippen molar-refractivity contribution in [3.63, 3.8) is 0 Å². The Bertz CT molecular complexity index is 995. The van der Waals surface area contributed by atoms with Crippen LogP contribution in [0.3, 0.4) is 0 Å². The first-order valence-corrected chi connectivity index (χ1v) is 12.1. The minimum atomic E-state index is 0.0488. The molecule has 5 rings (SSSR count). The van der Waals surface area contributed by atoms with Crippen LogP contribution in [0.25, 0.3) is 0 Å². The third kappa shape index (κ3) is 4.91. The minimum Gasteiger partial charge on any atom is -0.496 e. The Morgan fingerprint density at radius 1 is 0.970 bits per heavy atom. The molecule has 3 aliphatic rings. The average Bonchev–Trinajstić information content (AvgIpc) is 3.22. The molecule has 3 saturated heterocycles. The minimum absolute atomic E-state index is 0.0488. The molecule has 3 fully saturated rings. The van der Waals surface area contributed by atoms with Gasteiger partial charge in [0, 0.05) is 52.2 Å². The number of methoxy groups -OCH3 is 1. The van der Waals surface area contributed by atoms with Gasteiger partial charge in [0.25, 0.3) is 5.91 Å². The van der Waals surface area contributed by atoms with Crippen molar-refractivity contribution < 1.29 is 14.3 Å². The van der Waals surface area contributed by atoms with Gasteiger partial charge in [-0.05, 0) is 47.9 Å². The molecular weight excluding hydrogens is 414 g/mol. The molecule has 2 bridgehead atoms. The number of ether oxygens (including phenoxy) is 1. The van der Waals surface area contributed by atoms with Crippen molar-refractivity contribution >= 4 is 11.8 Å². The maximum atomic E-state index is 13.6. The topological polar surface area (TPSA) is 53.1 Å². The van der Waals surface area contributed by atoms with Gasteiger partial charge in [0.05, 0.1) is 12.7 Å². The third-order valence-electron chi connectivity index (χ3n) is 7.23. The number of benzene rings is 2. The van der Waals surface area contributed by atoms with Crippen LogP contribution in [0.15, 0.2) is 48.5 Å². The Kier molecular flexibility index (Phi) is 6.36. The highest BCUT2D eigenvalue weighted by Crippen LogP contribution is 2.32. The third-order valence-corrected chi connectivity index (χ3v) is 7.23. The lowest BCUT2D eigenvalue weighted by Gasteiger charge is -2.46. The van der Waals surface area contributed by atoms with Gasteiger partial charge in [0.1, 0.15) is 5.75 Å². The quantitative estimate of drug-likeness (QED) is 0.681. The first kappa shape index (κ1) is 22.0. The lowest BCUT2D eigenvalue weighted by atomic mass is 9.84. The number of nitrogens with zero attached hydrogens (tertiary/aromatic N) is 3. The number of piperidine rings is 2. The fraction of sp³-hybridized carbons (Fsp3) is 0.481. The van der Waals surface area contributed by atoms with Gasteiger partial charge in [0.2, 0.25) is 5.91 Å². The molecule has 2 aromatic rings. The van der Waals surface area contributed by atoms with E-state index in [0.717, 1.165) is 51.3 Å². The van der Waals surface area contributed by atoms with Gasteiger partial charge < -0.3 is 14.5 Å². The second kappa shape index (κ2) is 9.56. The molecule has 6 heteroatoms. The van der Waals surface area contributed by atoms with E-state index in [0.29, 0.717) is 36.1 Å². The fourth-order valence-electron chi connectivity index (χ4n) is 5.81. The number of amides is 2. The van der Waals surface area contributed by atoms with Crippen LogP contribution in [0, 0.1) is 11.8 Å². The van der Waals surface area contributed by atoms with Crippen LogP contribution in [0.2, 0.25) is 0 Å². The summed E-state index contributed by atoms with van der Waals surface area (Å²) in [7, 11) is 1.61. The van der Waals surface area contributed by atoms with Crippen LogP contribution in [0.4, 0.5) is 0 Å². The highest BCUT2D eigenvalue weighted by atomic mass is 16.5. The summed E-state index contributed by atoms with van der Waals surface area (Å²) >= 11 is 0. The van der Waals surface area contributed by atoms with Gasteiger partial charge >= 0.3 is 0 Å². The van der Waals surface area contributed by atoms with E-state index in [2.05, 4.69) is 35.2 Å². The molecule has 6 nitrogen and oxygen atoms in total. The van der Waals surface area contributed by atoms with Crippen LogP contribution in [-0.4, -0.2) is 66.3 Å². The van der Waals surface area contributed by atoms with Crippen molar-refractivity contribution in [3.8, 4) is 5.75 Å². The number of hydrogen-bond donors (Lipinski definition) is 0. The molecule has 0 radical (unpaired) electrons. The summed E-state index contributed by atoms with van der Waals surface area (Å²) < 4.78 is 5.54. The predicted octanol–water partition coefficient (Wildman–Crippen LogP) is 3.41. The molecule has 2 unspecified atom stereocenters. The van der Waals surface area contributed by atoms with E-state index in [9.17, 15) is 9.59 Å². The summed E-state index contributed by atoms with van der Waals surface area (Å²) in [5.41, 5.74) is 2.95.